The molecule has 0 radical (unpaired) electrons. The van der Waals surface area contributed by atoms with Gasteiger partial charge in [-0.3, -0.25) is 10.1 Å². The first-order chi connectivity index (χ1) is 9.11. The smallest absolute Gasteiger partial charge is 0.294 e. The lowest BCUT2D eigenvalue weighted by molar-refractivity contribution is -0.384. The number of ether oxygens (including phenoxy) is 1. The number of non-ortho nitro benzene ring substituents is 1. The van der Waals surface area contributed by atoms with E-state index in [1.54, 1.807) is 6.07 Å². The SMILES string of the molecule is NC1CCC(Oc2nc3ccc([N+](=O)[O-])cc3[nH]2)C1. The quantitative estimate of drug-likeness (QED) is 0.647. The van der Waals surface area contributed by atoms with Crippen molar-refractivity contribution in [3.8, 4) is 6.01 Å². The molecule has 2 atom stereocenters. The summed E-state index contributed by atoms with van der Waals surface area (Å²) in [4.78, 5) is 17.5. The molecular weight excluding hydrogens is 248 g/mol. The van der Waals surface area contributed by atoms with Crippen LogP contribution in [0.5, 0.6) is 6.01 Å². The van der Waals surface area contributed by atoms with Crippen molar-refractivity contribution in [3.63, 3.8) is 0 Å². The van der Waals surface area contributed by atoms with Crippen LogP contribution in [0.4, 0.5) is 5.69 Å². The molecule has 1 aromatic carbocycles. The van der Waals surface area contributed by atoms with Crippen LogP contribution in [0.1, 0.15) is 19.3 Å². The number of rotatable bonds is 3. The van der Waals surface area contributed by atoms with Gasteiger partial charge in [0.2, 0.25) is 0 Å². The van der Waals surface area contributed by atoms with Crippen molar-refractivity contribution in [2.45, 2.75) is 31.4 Å². The molecule has 1 aliphatic rings. The number of H-pyrrole nitrogens is 1. The lowest BCUT2D eigenvalue weighted by Crippen LogP contribution is -2.19. The van der Waals surface area contributed by atoms with Gasteiger partial charge in [-0.2, -0.15) is 4.98 Å². The van der Waals surface area contributed by atoms with Crippen molar-refractivity contribution in [2.24, 2.45) is 5.73 Å². The summed E-state index contributed by atoms with van der Waals surface area (Å²) >= 11 is 0. The van der Waals surface area contributed by atoms with Gasteiger partial charge in [-0.05, 0) is 25.3 Å². The summed E-state index contributed by atoms with van der Waals surface area (Å²) in [5.74, 6) is 0. The number of nitrogens with zero attached hydrogens (tertiary/aromatic N) is 2. The Balaban J connectivity index is 1.83. The van der Waals surface area contributed by atoms with Gasteiger partial charge < -0.3 is 15.5 Å². The molecule has 1 saturated carbocycles. The number of hydrogen-bond acceptors (Lipinski definition) is 5. The van der Waals surface area contributed by atoms with E-state index in [-0.39, 0.29) is 17.8 Å². The van der Waals surface area contributed by atoms with E-state index in [2.05, 4.69) is 9.97 Å². The van der Waals surface area contributed by atoms with E-state index in [0.717, 1.165) is 19.3 Å². The minimum atomic E-state index is -0.434. The summed E-state index contributed by atoms with van der Waals surface area (Å²) in [6.07, 6.45) is 2.76. The summed E-state index contributed by atoms with van der Waals surface area (Å²) in [5.41, 5.74) is 7.11. The Kier molecular flexibility index (Phi) is 2.83. The van der Waals surface area contributed by atoms with E-state index in [4.69, 9.17) is 10.5 Å². The first-order valence-corrected chi connectivity index (χ1v) is 6.18. The van der Waals surface area contributed by atoms with E-state index in [1.165, 1.54) is 12.1 Å². The van der Waals surface area contributed by atoms with Crippen LogP contribution >= 0.6 is 0 Å². The number of fused-ring (bicyclic) bond motifs is 1. The molecule has 3 N–H and O–H groups in total. The van der Waals surface area contributed by atoms with Crippen molar-refractivity contribution in [2.75, 3.05) is 0 Å². The number of aromatic amines is 1. The molecule has 1 heterocycles. The van der Waals surface area contributed by atoms with Gasteiger partial charge in [0.25, 0.3) is 11.7 Å². The Morgan fingerprint density at radius 1 is 1.47 bits per heavy atom. The second kappa shape index (κ2) is 4.51. The molecule has 0 bridgehead atoms. The number of imidazole rings is 1. The van der Waals surface area contributed by atoms with Crippen LogP contribution in [-0.2, 0) is 0 Å². The third kappa shape index (κ3) is 2.37. The van der Waals surface area contributed by atoms with Crippen LogP contribution in [0.15, 0.2) is 18.2 Å². The first-order valence-electron chi connectivity index (χ1n) is 6.18. The molecule has 1 aliphatic carbocycles. The third-order valence-electron chi connectivity index (χ3n) is 3.36. The van der Waals surface area contributed by atoms with Gasteiger partial charge in [0.05, 0.1) is 16.0 Å². The Labute approximate surface area is 108 Å². The maximum Gasteiger partial charge on any atom is 0.294 e. The molecule has 1 aromatic heterocycles. The lowest BCUT2D eigenvalue weighted by atomic mass is 10.3. The highest BCUT2D eigenvalue weighted by Gasteiger charge is 2.24. The van der Waals surface area contributed by atoms with Crippen LogP contribution in [0.3, 0.4) is 0 Å². The van der Waals surface area contributed by atoms with Crippen LogP contribution < -0.4 is 10.5 Å². The molecule has 2 aromatic rings. The molecule has 0 amide bonds. The average Bonchev–Trinajstić information content (AvgIpc) is 2.94. The maximum absolute atomic E-state index is 10.7. The van der Waals surface area contributed by atoms with E-state index in [0.29, 0.717) is 17.0 Å². The summed E-state index contributed by atoms with van der Waals surface area (Å²) in [7, 11) is 0. The molecule has 3 rings (SSSR count). The fraction of sp³-hybridized carbons (Fsp3) is 0.417. The molecular formula is C12H14N4O3. The van der Waals surface area contributed by atoms with Crippen molar-refractivity contribution in [1.29, 1.82) is 0 Å². The Bertz CT molecular complexity index is 624. The molecule has 7 nitrogen and oxygen atoms in total. The minimum Gasteiger partial charge on any atom is -0.461 e. The van der Waals surface area contributed by atoms with E-state index < -0.39 is 4.92 Å². The number of nitro groups is 1. The first kappa shape index (κ1) is 11.9. The van der Waals surface area contributed by atoms with Gasteiger partial charge in [-0.25, -0.2) is 0 Å². The molecule has 0 spiro atoms. The summed E-state index contributed by atoms with van der Waals surface area (Å²) < 4.78 is 5.71. The van der Waals surface area contributed by atoms with Gasteiger partial charge in [0.1, 0.15) is 6.10 Å². The van der Waals surface area contributed by atoms with E-state index in [9.17, 15) is 10.1 Å². The second-order valence-corrected chi connectivity index (χ2v) is 4.81. The average molecular weight is 262 g/mol. The highest BCUT2D eigenvalue weighted by molar-refractivity contribution is 5.78. The minimum absolute atomic E-state index is 0.0330. The van der Waals surface area contributed by atoms with Crippen LogP contribution in [-0.4, -0.2) is 27.0 Å². The fourth-order valence-corrected chi connectivity index (χ4v) is 2.38. The maximum atomic E-state index is 10.7. The zero-order valence-electron chi connectivity index (χ0n) is 10.2. The highest BCUT2D eigenvalue weighted by Crippen LogP contribution is 2.25. The number of nitrogens with one attached hydrogen (secondary N) is 1. The van der Waals surface area contributed by atoms with Crippen molar-refractivity contribution in [3.05, 3.63) is 28.3 Å². The Morgan fingerprint density at radius 3 is 3.00 bits per heavy atom. The van der Waals surface area contributed by atoms with Crippen LogP contribution in [0.25, 0.3) is 11.0 Å². The number of nitro benzene ring substituents is 1. The second-order valence-electron chi connectivity index (χ2n) is 4.81. The Hall–Kier alpha value is -2.15. The molecule has 1 fully saturated rings. The van der Waals surface area contributed by atoms with Gasteiger partial charge in [0.15, 0.2) is 0 Å². The molecule has 2 unspecified atom stereocenters. The standard InChI is InChI=1S/C12H14N4O3/c13-7-1-3-9(5-7)19-12-14-10-4-2-8(16(17)18)6-11(10)15-12/h2,4,6-7,9H,1,3,5,13H2,(H,14,15). The molecule has 0 saturated heterocycles. The van der Waals surface area contributed by atoms with Gasteiger partial charge in [0, 0.05) is 18.2 Å². The zero-order chi connectivity index (χ0) is 13.4. The van der Waals surface area contributed by atoms with Crippen molar-refractivity contribution in [1.82, 2.24) is 9.97 Å². The number of aromatic nitrogens is 2. The monoisotopic (exact) mass is 262 g/mol. The largest absolute Gasteiger partial charge is 0.461 e. The molecule has 19 heavy (non-hydrogen) atoms. The predicted molar refractivity (Wildman–Crippen MR) is 69.0 cm³/mol. The number of nitrogens with two attached hydrogens (primary N) is 1. The fourth-order valence-electron chi connectivity index (χ4n) is 2.38. The Morgan fingerprint density at radius 2 is 2.32 bits per heavy atom. The summed E-state index contributed by atoms with van der Waals surface area (Å²) in [5, 5.41) is 10.7. The molecule has 0 aliphatic heterocycles. The topological polar surface area (TPSA) is 107 Å². The normalized spacial score (nSPS) is 22.8. The summed E-state index contributed by atoms with van der Waals surface area (Å²) in [6.45, 7) is 0. The molecule has 100 valence electrons. The lowest BCUT2D eigenvalue weighted by Gasteiger charge is -2.09. The zero-order valence-corrected chi connectivity index (χ0v) is 10.2. The van der Waals surface area contributed by atoms with Gasteiger partial charge >= 0.3 is 0 Å². The van der Waals surface area contributed by atoms with Gasteiger partial charge in [-0.1, -0.05) is 0 Å². The van der Waals surface area contributed by atoms with E-state index in [1.807, 2.05) is 0 Å². The molecule has 7 heteroatoms. The number of hydrogen-bond donors (Lipinski definition) is 2. The van der Waals surface area contributed by atoms with Crippen LogP contribution in [0.2, 0.25) is 0 Å². The van der Waals surface area contributed by atoms with Gasteiger partial charge in [-0.15, -0.1) is 0 Å². The third-order valence-corrected chi connectivity index (χ3v) is 3.36. The number of benzene rings is 1. The van der Waals surface area contributed by atoms with E-state index >= 15 is 0 Å². The van der Waals surface area contributed by atoms with Crippen molar-refractivity contribution < 1.29 is 9.66 Å². The van der Waals surface area contributed by atoms with Crippen molar-refractivity contribution >= 4 is 16.7 Å². The van der Waals surface area contributed by atoms with Crippen LogP contribution in [0, 0.1) is 10.1 Å². The highest BCUT2D eigenvalue weighted by atomic mass is 16.6. The summed E-state index contributed by atoms with van der Waals surface area (Å²) in [6, 6.07) is 5.08. The predicted octanol–water partition coefficient (Wildman–Crippen LogP) is 1.73.